The molecule has 1 unspecified atom stereocenters. The molecule has 0 aromatic heterocycles. The monoisotopic (exact) mass is 242 g/mol. The molecule has 0 saturated carbocycles. The minimum absolute atomic E-state index is 0. The molecule has 1 aliphatic rings. The van der Waals surface area contributed by atoms with Gasteiger partial charge in [0.15, 0.2) is 5.37 Å². The maximum Gasteiger partial charge on any atom is 0.286 e. The van der Waals surface area contributed by atoms with E-state index in [0.29, 0.717) is 13.1 Å². The predicted octanol–water partition coefficient (Wildman–Crippen LogP) is 0.708. The highest BCUT2D eigenvalue weighted by Crippen LogP contribution is 2.15. The summed E-state index contributed by atoms with van der Waals surface area (Å²) in [6, 6.07) is 0. The molecule has 1 N–H and O–H groups in total. The van der Waals surface area contributed by atoms with Crippen molar-refractivity contribution in [3.63, 3.8) is 0 Å². The SMILES string of the molecule is CCC(N1C=CN(C)C1)S(=O)(=O)O.Cl. The molecule has 5 nitrogen and oxygen atoms in total. The van der Waals surface area contributed by atoms with Crippen molar-refractivity contribution in [3.05, 3.63) is 12.4 Å². The minimum Gasteiger partial charge on any atom is -0.362 e. The third-order valence-corrected chi connectivity index (χ3v) is 3.25. The van der Waals surface area contributed by atoms with Crippen molar-refractivity contribution in [2.45, 2.75) is 18.7 Å². The van der Waals surface area contributed by atoms with E-state index in [0.717, 1.165) is 0 Å². The van der Waals surface area contributed by atoms with Crippen LogP contribution in [0.3, 0.4) is 0 Å². The Balaban J connectivity index is 0.00000169. The van der Waals surface area contributed by atoms with Crippen molar-refractivity contribution >= 4 is 22.5 Å². The van der Waals surface area contributed by atoms with Crippen molar-refractivity contribution in [2.24, 2.45) is 0 Å². The van der Waals surface area contributed by atoms with Crippen LogP contribution in [0.4, 0.5) is 0 Å². The highest BCUT2D eigenvalue weighted by atomic mass is 35.5. The molecule has 0 radical (unpaired) electrons. The summed E-state index contributed by atoms with van der Waals surface area (Å²) in [5, 5.41) is -0.825. The van der Waals surface area contributed by atoms with Gasteiger partial charge in [-0.25, -0.2) is 0 Å². The van der Waals surface area contributed by atoms with Crippen LogP contribution in [0, 0.1) is 0 Å². The fraction of sp³-hybridized carbons (Fsp3) is 0.714. The van der Waals surface area contributed by atoms with Gasteiger partial charge in [0, 0.05) is 19.4 Å². The number of hydrogen-bond acceptors (Lipinski definition) is 4. The lowest BCUT2D eigenvalue weighted by molar-refractivity contribution is 0.260. The summed E-state index contributed by atoms with van der Waals surface area (Å²) in [4.78, 5) is 3.43. The fourth-order valence-electron chi connectivity index (χ4n) is 1.35. The number of rotatable bonds is 3. The van der Waals surface area contributed by atoms with Gasteiger partial charge < -0.3 is 9.80 Å². The summed E-state index contributed by atoms with van der Waals surface area (Å²) in [6.45, 7) is 2.23. The minimum atomic E-state index is -3.97. The molecule has 1 aliphatic heterocycles. The van der Waals surface area contributed by atoms with E-state index in [-0.39, 0.29) is 12.4 Å². The van der Waals surface area contributed by atoms with Gasteiger partial charge in [-0.05, 0) is 6.42 Å². The molecule has 0 aliphatic carbocycles. The molecular weight excluding hydrogens is 228 g/mol. The van der Waals surface area contributed by atoms with Crippen molar-refractivity contribution in [1.29, 1.82) is 0 Å². The molecule has 0 saturated heterocycles. The zero-order valence-electron chi connectivity index (χ0n) is 8.12. The summed E-state index contributed by atoms with van der Waals surface area (Å²) < 4.78 is 30.7. The summed E-state index contributed by atoms with van der Waals surface area (Å²) in [7, 11) is -2.13. The molecule has 0 fully saturated rings. The van der Waals surface area contributed by atoms with Crippen LogP contribution in [0.2, 0.25) is 0 Å². The van der Waals surface area contributed by atoms with Crippen LogP contribution in [-0.4, -0.2) is 41.9 Å². The molecule has 0 amide bonds. The Labute approximate surface area is 90.5 Å². The smallest absolute Gasteiger partial charge is 0.286 e. The van der Waals surface area contributed by atoms with Crippen LogP contribution in [0.1, 0.15) is 13.3 Å². The second kappa shape index (κ2) is 4.86. The average molecular weight is 243 g/mol. The van der Waals surface area contributed by atoms with Gasteiger partial charge >= 0.3 is 0 Å². The number of halogens is 1. The van der Waals surface area contributed by atoms with Crippen LogP contribution in [0.15, 0.2) is 12.4 Å². The van der Waals surface area contributed by atoms with Gasteiger partial charge in [0.25, 0.3) is 10.1 Å². The van der Waals surface area contributed by atoms with Crippen molar-refractivity contribution in [3.8, 4) is 0 Å². The molecule has 7 heteroatoms. The van der Waals surface area contributed by atoms with E-state index in [2.05, 4.69) is 0 Å². The molecule has 1 rings (SSSR count). The molecule has 0 spiro atoms. The van der Waals surface area contributed by atoms with Crippen LogP contribution in [0.25, 0.3) is 0 Å². The number of nitrogens with zero attached hydrogens (tertiary/aromatic N) is 2. The van der Waals surface area contributed by atoms with E-state index < -0.39 is 15.5 Å². The maximum atomic E-state index is 10.9. The largest absolute Gasteiger partial charge is 0.362 e. The molecule has 0 aromatic rings. The number of hydrogen-bond donors (Lipinski definition) is 1. The Hall–Kier alpha value is -0.460. The van der Waals surface area contributed by atoms with Gasteiger partial charge in [-0.2, -0.15) is 8.42 Å². The topological polar surface area (TPSA) is 60.9 Å². The van der Waals surface area contributed by atoms with Gasteiger partial charge in [0.05, 0.1) is 6.67 Å². The van der Waals surface area contributed by atoms with E-state index >= 15 is 0 Å². The van der Waals surface area contributed by atoms with E-state index in [1.807, 2.05) is 11.9 Å². The summed E-state index contributed by atoms with van der Waals surface area (Å²) in [6.07, 6.45) is 3.81. The third kappa shape index (κ3) is 3.04. The molecular formula is C7H15ClN2O3S. The Morgan fingerprint density at radius 1 is 1.50 bits per heavy atom. The Bertz CT molecular complexity index is 304. The Morgan fingerprint density at radius 2 is 2.07 bits per heavy atom. The van der Waals surface area contributed by atoms with Gasteiger partial charge in [-0.1, -0.05) is 6.92 Å². The average Bonchev–Trinajstić information content (AvgIpc) is 2.34. The zero-order valence-corrected chi connectivity index (χ0v) is 9.75. The van der Waals surface area contributed by atoms with Crippen molar-refractivity contribution in [1.82, 2.24) is 9.80 Å². The van der Waals surface area contributed by atoms with Crippen molar-refractivity contribution < 1.29 is 13.0 Å². The van der Waals surface area contributed by atoms with E-state index in [1.165, 1.54) is 0 Å². The lowest BCUT2D eigenvalue weighted by Crippen LogP contribution is -2.38. The molecule has 14 heavy (non-hydrogen) atoms. The molecule has 0 aromatic carbocycles. The van der Waals surface area contributed by atoms with Crippen LogP contribution < -0.4 is 0 Å². The van der Waals surface area contributed by atoms with Gasteiger partial charge in [-0.3, -0.25) is 4.55 Å². The van der Waals surface area contributed by atoms with Gasteiger partial charge in [-0.15, -0.1) is 12.4 Å². The van der Waals surface area contributed by atoms with Crippen LogP contribution >= 0.6 is 12.4 Å². The lowest BCUT2D eigenvalue weighted by Gasteiger charge is -2.24. The Kier molecular flexibility index (Phi) is 4.70. The highest BCUT2D eigenvalue weighted by Gasteiger charge is 2.28. The second-order valence-electron chi connectivity index (χ2n) is 3.09. The molecule has 1 heterocycles. The fourth-order valence-corrected chi connectivity index (χ4v) is 2.25. The summed E-state index contributed by atoms with van der Waals surface area (Å²) >= 11 is 0. The molecule has 1 atom stereocenters. The first kappa shape index (κ1) is 13.5. The van der Waals surface area contributed by atoms with E-state index in [9.17, 15) is 8.42 Å². The summed E-state index contributed by atoms with van der Waals surface area (Å²) in [5.74, 6) is 0. The molecule has 0 bridgehead atoms. The Morgan fingerprint density at radius 3 is 2.36 bits per heavy atom. The summed E-state index contributed by atoms with van der Waals surface area (Å²) in [5.41, 5.74) is 0. The van der Waals surface area contributed by atoms with Gasteiger partial charge in [0.2, 0.25) is 0 Å². The van der Waals surface area contributed by atoms with Crippen molar-refractivity contribution in [2.75, 3.05) is 13.7 Å². The second-order valence-corrected chi connectivity index (χ2v) is 4.66. The lowest BCUT2D eigenvalue weighted by atomic mass is 10.4. The first-order chi connectivity index (χ1) is 5.95. The standard InChI is InChI=1S/C7H14N2O3S.ClH/c1-3-7(13(10,11)12)9-5-4-8(2)6-9;/h4-5,7H,3,6H2,1-2H3,(H,10,11,12);1H. The zero-order chi connectivity index (χ0) is 10.1. The van der Waals surface area contributed by atoms with Crippen LogP contribution in [-0.2, 0) is 10.1 Å². The highest BCUT2D eigenvalue weighted by molar-refractivity contribution is 7.86. The first-order valence-corrected chi connectivity index (χ1v) is 5.56. The quantitative estimate of drug-likeness (QED) is 0.739. The first-order valence-electron chi connectivity index (χ1n) is 4.05. The molecule has 84 valence electrons. The van der Waals surface area contributed by atoms with E-state index in [4.69, 9.17) is 4.55 Å². The van der Waals surface area contributed by atoms with Crippen LogP contribution in [0.5, 0.6) is 0 Å². The van der Waals surface area contributed by atoms with E-state index in [1.54, 1.807) is 24.2 Å². The normalized spacial score (nSPS) is 18.2. The maximum absolute atomic E-state index is 10.9. The predicted molar refractivity (Wildman–Crippen MR) is 56.5 cm³/mol. The van der Waals surface area contributed by atoms with Gasteiger partial charge in [0.1, 0.15) is 0 Å². The third-order valence-electron chi connectivity index (χ3n) is 1.96.